The Morgan fingerprint density at radius 3 is 2.48 bits per heavy atom. The third-order valence-electron chi connectivity index (χ3n) is 4.10. The van der Waals surface area contributed by atoms with Crippen LogP contribution in [0.3, 0.4) is 0 Å². The lowest BCUT2D eigenvalue weighted by Gasteiger charge is -2.07. The quantitative estimate of drug-likeness (QED) is 0.543. The molecule has 0 amide bonds. The maximum atomic E-state index is 13.2. The normalized spacial score (nSPS) is 11.0. The Balaban J connectivity index is 1.64. The van der Waals surface area contributed by atoms with Crippen molar-refractivity contribution in [3.8, 4) is 5.75 Å². The monoisotopic (exact) mass is 333 g/mol. The summed E-state index contributed by atoms with van der Waals surface area (Å²) >= 11 is 0. The van der Waals surface area contributed by atoms with E-state index in [1.54, 1.807) is 6.07 Å². The smallest absolute Gasteiger partial charge is 0.123 e. The average molecular weight is 333 g/mol. The molecule has 0 N–H and O–H groups in total. The van der Waals surface area contributed by atoms with Gasteiger partial charge in [-0.2, -0.15) is 0 Å². The minimum atomic E-state index is -0.251. The minimum Gasteiger partial charge on any atom is -0.489 e. The predicted octanol–water partition coefficient (Wildman–Crippen LogP) is 5.77. The van der Waals surface area contributed by atoms with Crippen molar-refractivity contribution in [2.45, 2.75) is 20.5 Å². The van der Waals surface area contributed by atoms with Crippen molar-refractivity contribution in [3.05, 3.63) is 94.8 Å². The third-order valence-corrected chi connectivity index (χ3v) is 4.10. The fraction of sp³-hybridized carbons (Fsp3) is 0.136. The van der Waals surface area contributed by atoms with Crippen molar-refractivity contribution >= 4 is 11.9 Å². The summed E-state index contributed by atoms with van der Waals surface area (Å²) in [6.45, 7) is 4.50. The van der Waals surface area contributed by atoms with Gasteiger partial charge in [0.15, 0.2) is 0 Å². The second-order valence-corrected chi connectivity index (χ2v) is 5.96. The van der Waals surface area contributed by atoms with Crippen molar-refractivity contribution in [2.75, 3.05) is 0 Å². The highest BCUT2D eigenvalue weighted by Crippen LogP contribution is 2.21. The summed E-state index contributed by atoms with van der Waals surface area (Å²) in [7, 11) is 0. The molecule has 0 spiro atoms. The van der Waals surface area contributed by atoms with Crippen LogP contribution in [0.4, 0.5) is 10.1 Å². The van der Waals surface area contributed by atoms with Crippen LogP contribution in [0.5, 0.6) is 5.75 Å². The van der Waals surface area contributed by atoms with E-state index in [0.717, 1.165) is 22.6 Å². The highest BCUT2D eigenvalue weighted by atomic mass is 19.1. The van der Waals surface area contributed by atoms with Gasteiger partial charge in [0.05, 0.1) is 5.69 Å². The van der Waals surface area contributed by atoms with Crippen molar-refractivity contribution in [1.29, 1.82) is 0 Å². The Bertz CT molecular complexity index is 885. The second-order valence-electron chi connectivity index (χ2n) is 5.96. The van der Waals surface area contributed by atoms with Crippen molar-refractivity contribution < 1.29 is 9.13 Å². The first kappa shape index (κ1) is 16.9. The molecule has 0 fully saturated rings. The molecule has 3 aromatic carbocycles. The Morgan fingerprint density at radius 2 is 1.72 bits per heavy atom. The number of rotatable bonds is 5. The van der Waals surface area contributed by atoms with Gasteiger partial charge in [-0.1, -0.05) is 24.3 Å². The molecule has 0 saturated heterocycles. The van der Waals surface area contributed by atoms with Crippen LogP contribution in [0.15, 0.2) is 71.7 Å². The van der Waals surface area contributed by atoms with Gasteiger partial charge in [0.2, 0.25) is 0 Å². The number of ether oxygens (including phenoxy) is 1. The SMILES string of the molecule is Cc1cccc(N=Cc2ccc(OCc3cccc(F)c3)cc2)c1C. The van der Waals surface area contributed by atoms with E-state index in [4.69, 9.17) is 4.74 Å². The standard InChI is InChI=1S/C22H20FNO/c1-16-5-3-8-22(17(16)2)24-14-18-9-11-21(12-10-18)25-15-19-6-4-7-20(23)13-19/h3-14H,15H2,1-2H3. The van der Waals surface area contributed by atoms with Gasteiger partial charge in [0.25, 0.3) is 0 Å². The number of aliphatic imine (C=N–C) groups is 1. The summed E-state index contributed by atoms with van der Waals surface area (Å²) in [6, 6.07) is 20.2. The molecular weight excluding hydrogens is 313 g/mol. The molecule has 0 atom stereocenters. The first-order valence-electron chi connectivity index (χ1n) is 8.19. The zero-order valence-electron chi connectivity index (χ0n) is 14.4. The molecule has 3 heteroatoms. The number of hydrogen-bond donors (Lipinski definition) is 0. The molecule has 0 radical (unpaired) electrons. The molecule has 3 rings (SSSR count). The van der Waals surface area contributed by atoms with Crippen LogP contribution in [-0.2, 0) is 6.61 Å². The number of benzene rings is 3. The molecular formula is C22H20FNO. The van der Waals surface area contributed by atoms with E-state index in [1.807, 2.05) is 48.7 Å². The van der Waals surface area contributed by atoms with Crippen LogP contribution in [-0.4, -0.2) is 6.21 Å². The van der Waals surface area contributed by atoms with Crippen LogP contribution in [0.25, 0.3) is 0 Å². The summed E-state index contributed by atoms with van der Waals surface area (Å²) in [5, 5.41) is 0. The Hall–Kier alpha value is -2.94. The maximum absolute atomic E-state index is 13.2. The molecule has 126 valence electrons. The lowest BCUT2D eigenvalue weighted by atomic mass is 10.1. The van der Waals surface area contributed by atoms with Gasteiger partial charge in [0, 0.05) is 6.21 Å². The Morgan fingerprint density at radius 1 is 0.960 bits per heavy atom. The number of aryl methyl sites for hydroxylation is 1. The molecule has 25 heavy (non-hydrogen) atoms. The summed E-state index contributed by atoms with van der Waals surface area (Å²) in [6.07, 6.45) is 1.85. The molecule has 0 unspecified atom stereocenters. The first-order valence-corrected chi connectivity index (χ1v) is 8.19. The summed E-state index contributed by atoms with van der Waals surface area (Å²) < 4.78 is 18.8. The second kappa shape index (κ2) is 7.75. The lowest BCUT2D eigenvalue weighted by Crippen LogP contribution is -1.96. The van der Waals surface area contributed by atoms with Crippen molar-refractivity contribution in [1.82, 2.24) is 0 Å². The summed E-state index contributed by atoms with van der Waals surface area (Å²) in [5.74, 6) is 0.493. The summed E-state index contributed by atoms with van der Waals surface area (Å²) in [4.78, 5) is 4.56. The summed E-state index contributed by atoms with van der Waals surface area (Å²) in [5.41, 5.74) is 5.20. The van der Waals surface area contributed by atoms with Crippen LogP contribution >= 0.6 is 0 Å². The van der Waals surface area contributed by atoms with Gasteiger partial charge < -0.3 is 4.74 Å². The third kappa shape index (κ3) is 4.54. The van der Waals surface area contributed by atoms with Gasteiger partial charge in [-0.15, -0.1) is 0 Å². The van der Waals surface area contributed by atoms with E-state index >= 15 is 0 Å². The van der Waals surface area contributed by atoms with Gasteiger partial charge in [-0.25, -0.2) is 4.39 Å². The highest BCUT2D eigenvalue weighted by molar-refractivity contribution is 5.82. The molecule has 0 heterocycles. The van der Waals surface area contributed by atoms with E-state index in [9.17, 15) is 4.39 Å². The molecule has 0 saturated carbocycles. The number of hydrogen-bond acceptors (Lipinski definition) is 2. The van der Waals surface area contributed by atoms with E-state index < -0.39 is 0 Å². The Labute approximate surface area is 147 Å². The first-order chi connectivity index (χ1) is 12.1. The fourth-order valence-electron chi connectivity index (χ4n) is 2.46. The van der Waals surface area contributed by atoms with E-state index in [1.165, 1.54) is 23.3 Å². The molecule has 2 nitrogen and oxygen atoms in total. The molecule has 0 bridgehead atoms. The van der Waals surface area contributed by atoms with Gasteiger partial charge in [0.1, 0.15) is 18.2 Å². The van der Waals surface area contributed by atoms with E-state index in [-0.39, 0.29) is 5.82 Å². The van der Waals surface area contributed by atoms with Gasteiger partial charge in [-0.3, -0.25) is 4.99 Å². The zero-order chi connectivity index (χ0) is 17.6. The molecule has 0 aliphatic rings. The molecule has 0 aliphatic carbocycles. The topological polar surface area (TPSA) is 21.6 Å². The van der Waals surface area contributed by atoms with E-state index in [2.05, 4.69) is 24.9 Å². The number of halogens is 1. The van der Waals surface area contributed by atoms with Crippen molar-refractivity contribution in [3.63, 3.8) is 0 Å². The van der Waals surface area contributed by atoms with Crippen molar-refractivity contribution in [2.24, 2.45) is 4.99 Å². The van der Waals surface area contributed by atoms with Crippen LogP contribution in [0, 0.1) is 19.7 Å². The predicted molar refractivity (Wildman–Crippen MR) is 100 cm³/mol. The maximum Gasteiger partial charge on any atom is 0.123 e. The fourth-order valence-corrected chi connectivity index (χ4v) is 2.46. The molecule has 0 aromatic heterocycles. The molecule has 3 aromatic rings. The zero-order valence-corrected chi connectivity index (χ0v) is 14.4. The van der Waals surface area contributed by atoms with Gasteiger partial charge >= 0.3 is 0 Å². The van der Waals surface area contributed by atoms with E-state index in [0.29, 0.717) is 6.61 Å². The van der Waals surface area contributed by atoms with Crippen LogP contribution in [0.1, 0.15) is 22.3 Å². The Kier molecular flexibility index (Phi) is 5.24. The average Bonchev–Trinajstić information content (AvgIpc) is 2.62. The minimum absolute atomic E-state index is 0.251. The number of nitrogens with zero attached hydrogens (tertiary/aromatic N) is 1. The highest BCUT2D eigenvalue weighted by Gasteiger charge is 2.00. The van der Waals surface area contributed by atoms with Crippen LogP contribution < -0.4 is 4.74 Å². The van der Waals surface area contributed by atoms with Gasteiger partial charge in [-0.05, 0) is 78.6 Å². The largest absolute Gasteiger partial charge is 0.489 e. The van der Waals surface area contributed by atoms with Crippen LogP contribution in [0.2, 0.25) is 0 Å². The molecule has 0 aliphatic heterocycles. The lowest BCUT2D eigenvalue weighted by molar-refractivity contribution is 0.305.